The average Bonchev–Trinajstić information content (AvgIpc) is 3.57. The highest BCUT2D eigenvalue weighted by molar-refractivity contribution is 9.10. The van der Waals surface area contributed by atoms with E-state index in [1.54, 1.807) is 41.1 Å². The Balaban J connectivity index is 1.35. The number of hydrogen-bond acceptors (Lipinski definition) is 10. The Hall–Kier alpha value is -3.83. The van der Waals surface area contributed by atoms with Crippen molar-refractivity contribution in [2.75, 3.05) is 10.0 Å². The Morgan fingerprint density at radius 3 is 2.68 bits per heavy atom. The summed E-state index contributed by atoms with van der Waals surface area (Å²) in [5.74, 6) is 0. The molecule has 2 aromatic carbocycles. The van der Waals surface area contributed by atoms with Crippen molar-refractivity contribution in [3.05, 3.63) is 91.6 Å². The number of benzene rings is 2. The maximum Gasteiger partial charge on any atom is 0.345 e. The summed E-state index contributed by atoms with van der Waals surface area (Å²) in [6, 6.07) is 15.2. The average molecular weight is 613 g/mol. The minimum absolute atomic E-state index is 0.0727. The second-order valence-electron chi connectivity index (χ2n) is 7.45. The molecule has 9 nitrogen and oxygen atoms in total. The number of allylic oxidation sites excluding steroid dienone is 1. The van der Waals surface area contributed by atoms with Gasteiger partial charge in [0.05, 0.1) is 16.2 Å². The standard InChI is InChI=1S/C24H14BrN5O4S3/c25-16-1-6-21-14(9-16)10-19(23(31)34-21)20-13-36-22(29-20)15(11-26)12-28-17-2-4-18(5-3-17)37(32,33)30-24-27-7-8-35-24/h1-10,12-13,28H,(H,27,30)/b15-12-. The highest BCUT2D eigenvalue weighted by Gasteiger charge is 2.16. The van der Waals surface area contributed by atoms with E-state index in [9.17, 15) is 18.5 Å². The second kappa shape index (κ2) is 10.3. The number of nitrogens with one attached hydrogen (secondary N) is 2. The van der Waals surface area contributed by atoms with E-state index in [4.69, 9.17) is 4.42 Å². The topological polar surface area (TPSA) is 138 Å². The predicted octanol–water partition coefficient (Wildman–Crippen LogP) is 5.91. The summed E-state index contributed by atoms with van der Waals surface area (Å²) in [7, 11) is -3.76. The molecular weight excluding hydrogens is 598 g/mol. The van der Waals surface area contributed by atoms with Gasteiger partial charge < -0.3 is 9.73 Å². The van der Waals surface area contributed by atoms with Crippen LogP contribution in [0, 0.1) is 11.3 Å². The minimum Gasteiger partial charge on any atom is -0.422 e. The molecule has 0 aliphatic heterocycles. The number of nitriles is 1. The molecule has 37 heavy (non-hydrogen) atoms. The van der Waals surface area contributed by atoms with Crippen LogP contribution in [0.4, 0.5) is 10.8 Å². The number of rotatable bonds is 7. The van der Waals surface area contributed by atoms with Crippen molar-refractivity contribution in [2.45, 2.75) is 4.90 Å². The van der Waals surface area contributed by atoms with E-state index in [0.29, 0.717) is 27.5 Å². The molecule has 0 spiro atoms. The van der Waals surface area contributed by atoms with Crippen LogP contribution in [0.2, 0.25) is 0 Å². The molecule has 0 bridgehead atoms. The van der Waals surface area contributed by atoms with Crippen molar-refractivity contribution in [1.29, 1.82) is 5.26 Å². The van der Waals surface area contributed by atoms with Crippen molar-refractivity contribution in [1.82, 2.24) is 9.97 Å². The van der Waals surface area contributed by atoms with Crippen LogP contribution in [0.5, 0.6) is 0 Å². The first-order chi connectivity index (χ1) is 17.8. The van der Waals surface area contributed by atoms with Crippen LogP contribution in [-0.2, 0) is 10.0 Å². The van der Waals surface area contributed by atoms with E-state index in [0.717, 1.165) is 9.86 Å². The Bertz CT molecular complexity index is 1840. The normalized spacial score (nSPS) is 11.8. The molecule has 184 valence electrons. The predicted molar refractivity (Wildman–Crippen MR) is 148 cm³/mol. The van der Waals surface area contributed by atoms with Gasteiger partial charge in [0, 0.05) is 38.7 Å². The fourth-order valence-corrected chi connectivity index (χ4v) is 6.22. The van der Waals surface area contributed by atoms with E-state index < -0.39 is 15.6 Å². The first-order valence-corrected chi connectivity index (χ1v) is 14.4. The summed E-state index contributed by atoms with van der Waals surface area (Å²) in [6.45, 7) is 0. The Morgan fingerprint density at radius 2 is 1.95 bits per heavy atom. The van der Waals surface area contributed by atoms with Gasteiger partial charge in [-0.1, -0.05) is 15.9 Å². The molecule has 0 unspecified atom stereocenters. The Kier molecular flexibility index (Phi) is 6.90. The zero-order valence-corrected chi connectivity index (χ0v) is 22.5. The van der Waals surface area contributed by atoms with Gasteiger partial charge >= 0.3 is 5.63 Å². The summed E-state index contributed by atoms with van der Waals surface area (Å²) < 4.78 is 33.6. The Labute approximate surface area is 226 Å². The summed E-state index contributed by atoms with van der Waals surface area (Å²) in [6.07, 6.45) is 2.98. The SMILES string of the molecule is N#C/C(=C/Nc1ccc(S(=O)(=O)Nc2nccs2)cc1)c1nc(-c2cc3cc(Br)ccc3oc2=O)cs1. The number of halogens is 1. The molecule has 3 aromatic heterocycles. The van der Waals surface area contributed by atoms with Gasteiger partial charge in [0.1, 0.15) is 22.2 Å². The molecule has 0 atom stereocenters. The number of aromatic nitrogens is 2. The summed E-state index contributed by atoms with van der Waals surface area (Å²) in [5.41, 5.74) is 1.45. The molecule has 2 N–H and O–H groups in total. The number of sulfonamides is 1. The third-order valence-corrected chi connectivity index (χ3v) is 8.57. The fourth-order valence-electron chi connectivity index (χ4n) is 3.27. The van der Waals surface area contributed by atoms with Gasteiger partial charge in [0.15, 0.2) is 5.13 Å². The second-order valence-corrected chi connectivity index (χ2v) is 11.8. The van der Waals surface area contributed by atoms with Crippen LogP contribution in [0.15, 0.2) is 90.3 Å². The monoisotopic (exact) mass is 611 g/mol. The third kappa shape index (κ3) is 5.47. The molecule has 0 aliphatic rings. The van der Waals surface area contributed by atoms with E-state index >= 15 is 0 Å². The maximum absolute atomic E-state index is 12.5. The number of fused-ring (bicyclic) bond motifs is 1. The van der Waals surface area contributed by atoms with Crippen molar-refractivity contribution in [2.24, 2.45) is 0 Å². The van der Waals surface area contributed by atoms with Gasteiger partial charge in [-0.3, -0.25) is 4.72 Å². The molecule has 0 saturated heterocycles. The van der Waals surface area contributed by atoms with E-state index in [1.807, 2.05) is 6.07 Å². The van der Waals surface area contributed by atoms with Crippen LogP contribution in [0.1, 0.15) is 5.01 Å². The number of anilines is 2. The molecule has 5 rings (SSSR count). The van der Waals surface area contributed by atoms with Gasteiger partial charge in [-0.2, -0.15) is 5.26 Å². The van der Waals surface area contributed by atoms with Crippen LogP contribution >= 0.6 is 38.6 Å². The summed E-state index contributed by atoms with van der Waals surface area (Å²) in [4.78, 5) is 21.0. The Morgan fingerprint density at radius 1 is 1.14 bits per heavy atom. The smallest absolute Gasteiger partial charge is 0.345 e. The molecule has 3 heterocycles. The zero-order chi connectivity index (χ0) is 26.0. The third-order valence-electron chi connectivity index (χ3n) is 5.03. The molecule has 13 heteroatoms. The van der Waals surface area contributed by atoms with E-state index in [2.05, 4.69) is 42.0 Å². The summed E-state index contributed by atoms with van der Waals surface area (Å²) >= 11 is 5.80. The van der Waals surface area contributed by atoms with E-state index in [1.165, 1.54) is 47.2 Å². The largest absolute Gasteiger partial charge is 0.422 e. The van der Waals surface area contributed by atoms with Gasteiger partial charge in [-0.15, -0.1) is 22.7 Å². The van der Waals surface area contributed by atoms with E-state index in [-0.39, 0.29) is 15.6 Å². The molecule has 0 radical (unpaired) electrons. The van der Waals surface area contributed by atoms with Crippen molar-refractivity contribution in [3.63, 3.8) is 0 Å². The van der Waals surface area contributed by atoms with Gasteiger partial charge in [-0.05, 0) is 48.5 Å². The van der Waals surface area contributed by atoms with Gasteiger partial charge in [0.2, 0.25) is 0 Å². The molecule has 5 aromatic rings. The zero-order valence-electron chi connectivity index (χ0n) is 18.5. The quantitative estimate of drug-likeness (QED) is 0.171. The van der Waals surface area contributed by atoms with Crippen LogP contribution in [-0.4, -0.2) is 18.4 Å². The lowest BCUT2D eigenvalue weighted by atomic mass is 10.1. The van der Waals surface area contributed by atoms with Crippen LogP contribution in [0.3, 0.4) is 0 Å². The van der Waals surface area contributed by atoms with Gasteiger partial charge in [0.25, 0.3) is 10.0 Å². The molecule has 0 amide bonds. The van der Waals surface area contributed by atoms with Crippen molar-refractivity contribution >= 4 is 76.0 Å². The highest BCUT2D eigenvalue weighted by Crippen LogP contribution is 2.28. The van der Waals surface area contributed by atoms with Crippen LogP contribution in [0.25, 0.3) is 27.8 Å². The number of hydrogen-bond donors (Lipinski definition) is 2. The number of thiazole rings is 2. The molecule has 0 fully saturated rings. The number of nitrogens with zero attached hydrogens (tertiary/aromatic N) is 3. The van der Waals surface area contributed by atoms with Gasteiger partial charge in [-0.25, -0.2) is 23.2 Å². The lowest BCUT2D eigenvalue weighted by Gasteiger charge is -2.06. The maximum atomic E-state index is 12.5. The van der Waals surface area contributed by atoms with Crippen molar-refractivity contribution < 1.29 is 12.8 Å². The lowest BCUT2D eigenvalue weighted by molar-refractivity contribution is 0.563. The fraction of sp³-hybridized carbons (Fsp3) is 0. The molecule has 0 saturated carbocycles. The summed E-state index contributed by atoms with van der Waals surface area (Å²) in [5, 5.41) is 17.4. The highest BCUT2D eigenvalue weighted by atomic mass is 79.9. The minimum atomic E-state index is -3.76. The van der Waals surface area contributed by atoms with Crippen LogP contribution < -0.4 is 15.7 Å². The first-order valence-electron chi connectivity index (χ1n) is 10.4. The molecule has 0 aliphatic carbocycles. The lowest BCUT2D eigenvalue weighted by Crippen LogP contribution is -2.12. The van der Waals surface area contributed by atoms with Crippen molar-refractivity contribution in [3.8, 4) is 17.3 Å². The molecular formula is C24H14BrN5O4S3. The first kappa shape index (κ1) is 24.8.